The Morgan fingerprint density at radius 1 is 0.786 bits per heavy atom. The van der Waals surface area contributed by atoms with E-state index in [1.165, 1.54) is 18.2 Å². The van der Waals surface area contributed by atoms with Crippen LogP contribution in [0.4, 0.5) is 13.2 Å². The summed E-state index contributed by atoms with van der Waals surface area (Å²) in [5.74, 6) is -3.07. The van der Waals surface area contributed by atoms with Crippen LogP contribution in [0, 0.1) is 17.5 Å². The van der Waals surface area contributed by atoms with Crippen molar-refractivity contribution in [2.24, 2.45) is 0 Å². The Kier molecular flexibility index (Phi) is 5.80. The van der Waals surface area contributed by atoms with Gasteiger partial charge in [0.25, 0.3) is 0 Å². The van der Waals surface area contributed by atoms with Gasteiger partial charge in [-0.1, -0.05) is 12.1 Å². The normalized spacial score (nSPS) is 17.0. The molecule has 0 aliphatic carbocycles. The van der Waals surface area contributed by atoms with E-state index in [0.717, 1.165) is 26.8 Å². The fourth-order valence-electron chi connectivity index (χ4n) is 2.94. The van der Waals surface area contributed by atoms with Crippen LogP contribution in [-0.2, 0) is 25.8 Å². The molecule has 0 spiro atoms. The number of halogens is 3. The van der Waals surface area contributed by atoms with Gasteiger partial charge in [-0.3, -0.25) is 0 Å². The van der Waals surface area contributed by atoms with Crippen molar-refractivity contribution in [1.82, 2.24) is 8.61 Å². The highest BCUT2D eigenvalue weighted by molar-refractivity contribution is 7.89. The zero-order valence-electron chi connectivity index (χ0n) is 14.6. The van der Waals surface area contributed by atoms with Crippen LogP contribution in [0.1, 0.15) is 5.56 Å². The SMILES string of the molecule is O=S(=O)(Cc1cccc(F)c1)N1CCN(S(=O)(=O)c2ccc(F)cc2F)CC1. The Morgan fingerprint density at radius 2 is 1.39 bits per heavy atom. The standard InChI is InChI=1S/C17H17F3N2O4S2/c18-14-3-1-2-13(10-14)12-27(23,24)21-6-8-22(9-7-21)28(25,26)17-5-4-15(19)11-16(17)20/h1-5,10-11H,6-9,12H2. The zero-order chi connectivity index (χ0) is 20.5. The van der Waals surface area contributed by atoms with E-state index >= 15 is 0 Å². The summed E-state index contributed by atoms with van der Waals surface area (Å²) in [6.45, 7) is -0.609. The molecule has 28 heavy (non-hydrogen) atoms. The number of hydrogen-bond donors (Lipinski definition) is 0. The highest BCUT2D eigenvalue weighted by Gasteiger charge is 2.34. The molecule has 0 amide bonds. The first kappa shape index (κ1) is 20.8. The van der Waals surface area contributed by atoms with Gasteiger partial charge in [0.1, 0.15) is 22.3 Å². The second-order valence-electron chi connectivity index (χ2n) is 6.26. The molecule has 0 N–H and O–H groups in total. The van der Waals surface area contributed by atoms with Gasteiger partial charge < -0.3 is 0 Å². The van der Waals surface area contributed by atoms with E-state index in [4.69, 9.17) is 0 Å². The van der Waals surface area contributed by atoms with Gasteiger partial charge in [0.05, 0.1) is 5.75 Å². The molecule has 1 aliphatic heterocycles. The van der Waals surface area contributed by atoms with Gasteiger partial charge in [0.15, 0.2) is 0 Å². The number of nitrogens with zero attached hydrogens (tertiary/aromatic N) is 2. The minimum absolute atomic E-state index is 0.125. The third-order valence-electron chi connectivity index (χ3n) is 4.34. The van der Waals surface area contributed by atoms with Crippen molar-refractivity contribution < 1.29 is 30.0 Å². The Bertz CT molecular complexity index is 1080. The summed E-state index contributed by atoms with van der Waals surface area (Å²) in [5, 5.41) is 0. The minimum Gasteiger partial charge on any atom is -0.212 e. The van der Waals surface area contributed by atoms with Gasteiger partial charge in [-0.2, -0.15) is 8.61 Å². The lowest BCUT2D eigenvalue weighted by molar-refractivity contribution is 0.272. The summed E-state index contributed by atoms with van der Waals surface area (Å²) in [5.41, 5.74) is 0.281. The molecule has 0 atom stereocenters. The van der Waals surface area contributed by atoms with Gasteiger partial charge in [0, 0.05) is 32.2 Å². The van der Waals surface area contributed by atoms with Crippen LogP contribution in [0.15, 0.2) is 47.4 Å². The maximum Gasteiger partial charge on any atom is 0.246 e. The molecule has 0 radical (unpaired) electrons. The summed E-state index contributed by atoms with van der Waals surface area (Å²) in [7, 11) is -8.00. The average molecular weight is 434 g/mol. The predicted molar refractivity (Wildman–Crippen MR) is 95.7 cm³/mol. The van der Waals surface area contributed by atoms with Crippen LogP contribution in [0.2, 0.25) is 0 Å². The van der Waals surface area contributed by atoms with Crippen LogP contribution < -0.4 is 0 Å². The second kappa shape index (κ2) is 7.82. The maximum absolute atomic E-state index is 13.9. The van der Waals surface area contributed by atoms with E-state index in [1.807, 2.05) is 0 Å². The third kappa shape index (κ3) is 4.37. The Morgan fingerprint density at radius 3 is 2.00 bits per heavy atom. The number of hydrogen-bond acceptors (Lipinski definition) is 4. The Labute approximate surface area is 161 Å². The van der Waals surface area contributed by atoms with Crippen molar-refractivity contribution in [1.29, 1.82) is 0 Å². The number of benzene rings is 2. The lowest BCUT2D eigenvalue weighted by atomic mass is 10.2. The van der Waals surface area contributed by atoms with E-state index in [2.05, 4.69) is 0 Å². The van der Waals surface area contributed by atoms with Crippen molar-refractivity contribution in [3.63, 3.8) is 0 Å². The predicted octanol–water partition coefficient (Wildman–Crippen LogP) is 1.94. The second-order valence-corrected chi connectivity index (χ2v) is 10.1. The fourth-order valence-corrected chi connectivity index (χ4v) is 5.91. The van der Waals surface area contributed by atoms with Gasteiger partial charge in [-0.25, -0.2) is 30.0 Å². The smallest absolute Gasteiger partial charge is 0.212 e. The van der Waals surface area contributed by atoms with E-state index in [-0.39, 0.29) is 31.7 Å². The molecule has 0 bridgehead atoms. The first-order valence-electron chi connectivity index (χ1n) is 8.27. The highest BCUT2D eigenvalue weighted by atomic mass is 32.2. The summed E-state index contributed by atoms with van der Waals surface area (Å²) >= 11 is 0. The zero-order valence-corrected chi connectivity index (χ0v) is 16.2. The molecule has 1 aliphatic rings. The van der Waals surface area contributed by atoms with Crippen molar-refractivity contribution in [2.45, 2.75) is 10.6 Å². The van der Waals surface area contributed by atoms with Crippen LogP contribution in [0.5, 0.6) is 0 Å². The lowest BCUT2D eigenvalue weighted by Crippen LogP contribution is -2.50. The third-order valence-corrected chi connectivity index (χ3v) is 8.12. The van der Waals surface area contributed by atoms with Crippen LogP contribution in [0.3, 0.4) is 0 Å². The molecule has 11 heteroatoms. The summed E-state index contributed by atoms with van der Waals surface area (Å²) < 4.78 is 92.4. The summed E-state index contributed by atoms with van der Waals surface area (Å²) in [6.07, 6.45) is 0. The van der Waals surface area contributed by atoms with Crippen LogP contribution in [0.25, 0.3) is 0 Å². The minimum atomic E-state index is -4.22. The summed E-state index contributed by atoms with van der Waals surface area (Å²) in [6, 6.07) is 7.37. The molecule has 2 aromatic rings. The fraction of sp³-hybridized carbons (Fsp3) is 0.294. The molecular formula is C17H17F3N2O4S2. The number of rotatable bonds is 5. The number of piperazine rings is 1. The highest BCUT2D eigenvalue weighted by Crippen LogP contribution is 2.23. The first-order chi connectivity index (χ1) is 13.1. The first-order valence-corrected chi connectivity index (χ1v) is 11.3. The molecule has 6 nitrogen and oxygen atoms in total. The largest absolute Gasteiger partial charge is 0.246 e. The molecule has 1 saturated heterocycles. The number of sulfonamides is 2. The lowest BCUT2D eigenvalue weighted by Gasteiger charge is -2.33. The Balaban J connectivity index is 1.71. The van der Waals surface area contributed by atoms with Gasteiger partial charge in [-0.15, -0.1) is 0 Å². The van der Waals surface area contributed by atoms with Crippen molar-refractivity contribution >= 4 is 20.0 Å². The molecule has 0 saturated carbocycles. The van der Waals surface area contributed by atoms with E-state index in [0.29, 0.717) is 6.07 Å². The molecule has 2 aromatic carbocycles. The quantitative estimate of drug-likeness (QED) is 0.721. The van der Waals surface area contributed by atoms with E-state index in [1.54, 1.807) is 0 Å². The molecule has 0 unspecified atom stereocenters. The average Bonchev–Trinajstić information content (AvgIpc) is 2.61. The molecule has 1 fully saturated rings. The topological polar surface area (TPSA) is 74.8 Å². The Hall–Kier alpha value is -1.95. The van der Waals surface area contributed by atoms with Crippen molar-refractivity contribution in [2.75, 3.05) is 26.2 Å². The molecule has 1 heterocycles. The van der Waals surface area contributed by atoms with Gasteiger partial charge in [-0.05, 0) is 29.8 Å². The van der Waals surface area contributed by atoms with Gasteiger partial charge >= 0.3 is 0 Å². The summed E-state index contributed by atoms with van der Waals surface area (Å²) in [4.78, 5) is -0.662. The van der Waals surface area contributed by atoms with E-state index in [9.17, 15) is 30.0 Å². The monoisotopic (exact) mass is 434 g/mol. The van der Waals surface area contributed by atoms with Gasteiger partial charge in [0.2, 0.25) is 20.0 Å². The van der Waals surface area contributed by atoms with Crippen LogP contribution >= 0.6 is 0 Å². The van der Waals surface area contributed by atoms with E-state index < -0.39 is 48.1 Å². The molecule has 152 valence electrons. The maximum atomic E-state index is 13.9. The van der Waals surface area contributed by atoms with Crippen LogP contribution in [-0.4, -0.2) is 51.6 Å². The molecular weight excluding hydrogens is 417 g/mol. The molecule has 0 aromatic heterocycles. The van der Waals surface area contributed by atoms with Crippen molar-refractivity contribution in [3.05, 3.63) is 65.5 Å². The molecule has 3 rings (SSSR count). The van der Waals surface area contributed by atoms with Crippen molar-refractivity contribution in [3.8, 4) is 0 Å².